The number of hydrogen-bond donors (Lipinski definition) is 2. The number of carboxylic acid groups (broad SMARTS) is 1. The van der Waals surface area contributed by atoms with Gasteiger partial charge >= 0.3 is 0 Å². The van der Waals surface area contributed by atoms with Gasteiger partial charge in [0.05, 0.1) is 0 Å². The lowest BCUT2D eigenvalue weighted by atomic mass is 10.1. The molecule has 2 N–H and O–H groups in total. The van der Waals surface area contributed by atoms with E-state index in [0.29, 0.717) is 0 Å². The van der Waals surface area contributed by atoms with Crippen LogP contribution in [0.2, 0.25) is 0 Å². The summed E-state index contributed by atoms with van der Waals surface area (Å²) in [5.41, 5.74) is 0. The quantitative estimate of drug-likeness (QED) is 0.772. The Labute approximate surface area is 162 Å². The third kappa shape index (κ3) is 18.2. The third-order valence-electron chi connectivity index (χ3n) is 5.00. The smallest absolute Gasteiger partial charge is 0.300 e. The number of nitrogens with zero attached hydrogens (tertiary/aromatic N) is 2. The molecule has 0 bridgehead atoms. The molecule has 0 unspecified atom stereocenters. The Morgan fingerprint density at radius 3 is 1.19 bits per heavy atom. The lowest BCUT2D eigenvalue weighted by Crippen LogP contribution is -2.29. The highest BCUT2D eigenvalue weighted by Gasteiger charge is 2.06. The van der Waals surface area contributed by atoms with Gasteiger partial charge in [0.25, 0.3) is 5.97 Å². The first-order chi connectivity index (χ1) is 12.6. The number of rotatable bonds is 2. The van der Waals surface area contributed by atoms with Crippen LogP contribution in [0.5, 0.6) is 0 Å². The van der Waals surface area contributed by atoms with Gasteiger partial charge in [-0.1, -0.05) is 33.1 Å². The first-order valence-electron chi connectivity index (χ1n) is 10.9. The minimum Gasteiger partial charge on any atom is -0.481 e. The van der Waals surface area contributed by atoms with Gasteiger partial charge in [-0.3, -0.25) is 4.79 Å². The topological polar surface area (TPSA) is 55.8 Å². The van der Waals surface area contributed by atoms with E-state index in [9.17, 15) is 0 Å². The fraction of sp³-hybridized carbons (Fsp3) is 0.952. The van der Waals surface area contributed by atoms with Gasteiger partial charge in [-0.15, -0.1) is 0 Å². The number of aliphatic carboxylic acids is 1. The Balaban J connectivity index is 0.000000331. The molecule has 0 aromatic rings. The highest BCUT2D eigenvalue weighted by molar-refractivity contribution is 5.62. The Bertz CT molecular complexity index is 264. The molecule has 0 amide bonds. The van der Waals surface area contributed by atoms with Crippen molar-refractivity contribution in [3.8, 4) is 0 Å². The van der Waals surface area contributed by atoms with Crippen LogP contribution in [-0.4, -0.2) is 73.2 Å². The number of likely N-dealkylation sites (tertiary alicyclic amines) is 2. The molecule has 5 heteroatoms. The van der Waals surface area contributed by atoms with E-state index in [1.807, 2.05) is 0 Å². The van der Waals surface area contributed by atoms with Gasteiger partial charge in [0, 0.05) is 6.92 Å². The molecule has 0 aromatic carbocycles. The van der Waals surface area contributed by atoms with Crippen LogP contribution in [0.1, 0.15) is 78.6 Å². The van der Waals surface area contributed by atoms with Crippen LogP contribution in [0, 0.1) is 0 Å². The molecule has 0 atom stereocenters. The predicted molar refractivity (Wildman–Crippen MR) is 112 cm³/mol. The summed E-state index contributed by atoms with van der Waals surface area (Å²) >= 11 is 0. The molecule has 156 valence electrons. The van der Waals surface area contributed by atoms with E-state index in [0.717, 1.165) is 6.92 Å². The number of carbonyl (C=O) groups is 1. The zero-order chi connectivity index (χ0) is 19.5. The summed E-state index contributed by atoms with van der Waals surface area (Å²) in [6.45, 7) is 15.9. The van der Waals surface area contributed by atoms with Crippen molar-refractivity contribution < 1.29 is 9.90 Å². The molecular weight excluding hydrogens is 326 g/mol. The monoisotopic (exact) mass is 371 g/mol. The van der Waals surface area contributed by atoms with Crippen molar-refractivity contribution in [2.24, 2.45) is 0 Å². The normalized spacial score (nSPS) is 21.0. The molecule has 0 saturated carbocycles. The van der Waals surface area contributed by atoms with Crippen LogP contribution in [-0.2, 0) is 4.79 Å². The zero-order valence-electron chi connectivity index (χ0n) is 17.8. The fourth-order valence-corrected chi connectivity index (χ4v) is 3.35. The van der Waals surface area contributed by atoms with Gasteiger partial charge in [0.2, 0.25) is 0 Å². The van der Waals surface area contributed by atoms with E-state index < -0.39 is 5.97 Å². The van der Waals surface area contributed by atoms with Crippen LogP contribution >= 0.6 is 0 Å². The van der Waals surface area contributed by atoms with Gasteiger partial charge in [-0.25, -0.2) is 0 Å². The minimum atomic E-state index is -0.833. The average molecular weight is 372 g/mol. The van der Waals surface area contributed by atoms with E-state index >= 15 is 0 Å². The standard InChI is InChI=1S/2C7H15N.C5H11N.C2H4O2/c2*1-2-8-6-4-3-5-7-8;1-2-4-6-5-3-1;1-2(3)4/h2*2-7H2,1H3;6H,1-5H2;1H3,(H,3,4). The highest BCUT2D eigenvalue weighted by atomic mass is 16.4. The van der Waals surface area contributed by atoms with E-state index in [2.05, 4.69) is 29.0 Å². The molecule has 3 aliphatic heterocycles. The summed E-state index contributed by atoms with van der Waals surface area (Å²) in [6, 6.07) is 0. The Morgan fingerprint density at radius 2 is 1.04 bits per heavy atom. The lowest BCUT2D eigenvalue weighted by molar-refractivity contribution is -0.134. The highest BCUT2D eigenvalue weighted by Crippen LogP contribution is 2.07. The molecule has 0 aromatic heterocycles. The molecule has 0 spiro atoms. The number of hydrogen-bond acceptors (Lipinski definition) is 4. The molecule has 3 saturated heterocycles. The molecule has 3 heterocycles. The number of carboxylic acids is 1. The largest absolute Gasteiger partial charge is 0.481 e. The van der Waals surface area contributed by atoms with Crippen LogP contribution in [0.25, 0.3) is 0 Å². The van der Waals surface area contributed by atoms with Gasteiger partial charge in [-0.05, 0) is 90.9 Å². The van der Waals surface area contributed by atoms with Crippen molar-refractivity contribution >= 4 is 5.97 Å². The van der Waals surface area contributed by atoms with Crippen molar-refractivity contribution in [3.05, 3.63) is 0 Å². The lowest BCUT2D eigenvalue weighted by Gasteiger charge is -2.24. The molecular formula is C21H45N3O2. The van der Waals surface area contributed by atoms with Gasteiger partial charge < -0.3 is 20.2 Å². The van der Waals surface area contributed by atoms with Gasteiger partial charge in [-0.2, -0.15) is 0 Å². The SMILES string of the molecule is C1CCNCC1.CC(=O)O.CCN1CCCCC1.CCN1CCCCC1. The van der Waals surface area contributed by atoms with E-state index in [1.54, 1.807) is 0 Å². The van der Waals surface area contributed by atoms with Crippen molar-refractivity contribution in [2.45, 2.75) is 78.6 Å². The summed E-state index contributed by atoms with van der Waals surface area (Å²) in [5.74, 6) is -0.833. The van der Waals surface area contributed by atoms with E-state index in [-0.39, 0.29) is 0 Å². The molecule has 26 heavy (non-hydrogen) atoms. The summed E-state index contributed by atoms with van der Waals surface area (Å²) in [4.78, 5) is 14.0. The predicted octanol–water partition coefficient (Wildman–Crippen LogP) is 3.84. The van der Waals surface area contributed by atoms with Gasteiger partial charge in [0.15, 0.2) is 0 Å². The van der Waals surface area contributed by atoms with Crippen LogP contribution in [0.3, 0.4) is 0 Å². The van der Waals surface area contributed by atoms with Crippen LogP contribution in [0.4, 0.5) is 0 Å². The maximum atomic E-state index is 9.00. The van der Waals surface area contributed by atoms with Gasteiger partial charge in [0.1, 0.15) is 0 Å². The maximum Gasteiger partial charge on any atom is 0.300 e. The maximum absolute atomic E-state index is 9.00. The summed E-state index contributed by atoms with van der Waals surface area (Å²) in [5, 5.41) is 10.7. The summed E-state index contributed by atoms with van der Waals surface area (Å²) in [7, 11) is 0. The Hall–Kier alpha value is -0.650. The van der Waals surface area contributed by atoms with E-state index in [4.69, 9.17) is 9.90 Å². The van der Waals surface area contributed by atoms with Crippen LogP contribution < -0.4 is 5.32 Å². The van der Waals surface area contributed by atoms with Crippen molar-refractivity contribution in [1.29, 1.82) is 0 Å². The minimum absolute atomic E-state index is 0.833. The van der Waals surface area contributed by atoms with Crippen molar-refractivity contribution in [3.63, 3.8) is 0 Å². The zero-order valence-corrected chi connectivity index (χ0v) is 17.8. The molecule has 0 aliphatic carbocycles. The third-order valence-corrected chi connectivity index (χ3v) is 5.00. The first-order valence-corrected chi connectivity index (χ1v) is 10.9. The van der Waals surface area contributed by atoms with Crippen molar-refractivity contribution in [2.75, 3.05) is 52.4 Å². The molecule has 3 fully saturated rings. The Kier molecular flexibility index (Phi) is 18.6. The second-order valence-electron chi connectivity index (χ2n) is 7.32. The summed E-state index contributed by atoms with van der Waals surface area (Å²) in [6.07, 6.45) is 12.8. The average Bonchev–Trinajstić information content (AvgIpc) is 2.71. The second kappa shape index (κ2) is 19.1. The second-order valence-corrected chi connectivity index (χ2v) is 7.32. The van der Waals surface area contributed by atoms with Crippen LogP contribution in [0.15, 0.2) is 0 Å². The molecule has 3 rings (SSSR count). The fourth-order valence-electron chi connectivity index (χ4n) is 3.35. The molecule has 3 aliphatic rings. The first kappa shape index (κ1) is 25.4. The molecule has 0 radical (unpaired) electrons. The summed E-state index contributed by atoms with van der Waals surface area (Å²) < 4.78 is 0. The number of piperidine rings is 3. The Morgan fingerprint density at radius 1 is 0.731 bits per heavy atom. The molecule has 5 nitrogen and oxygen atoms in total. The van der Waals surface area contributed by atoms with Crippen molar-refractivity contribution in [1.82, 2.24) is 15.1 Å². The van der Waals surface area contributed by atoms with E-state index in [1.165, 1.54) is 110 Å². The number of nitrogens with one attached hydrogen (secondary N) is 1.